The lowest BCUT2D eigenvalue weighted by atomic mass is 10.2. The smallest absolute Gasteiger partial charge is 0.251 e. The Kier molecular flexibility index (Phi) is 4.61. The molecule has 0 fully saturated rings. The van der Waals surface area contributed by atoms with Crippen molar-refractivity contribution in [3.63, 3.8) is 0 Å². The molecule has 3 nitrogen and oxygen atoms in total. The van der Waals surface area contributed by atoms with E-state index in [1.54, 1.807) is 24.5 Å². The average molecular weight is 339 g/mol. The van der Waals surface area contributed by atoms with Gasteiger partial charge in [0.2, 0.25) is 0 Å². The highest BCUT2D eigenvalue weighted by molar-refractivity contribution is 9.10. The van der Waals surface area contributed by atoms with Crippen LogP contribution in [0.3, 0.4) is 0 Å². The van der Waals surface area contributed by atoms with Gasteiger partial charge in [-0.2, -0.15) is 0 Å². The highest BCUT2D eigenvalue weighted by Gasteiger charge is 2.05. The van der Waals surface area contributed by atoms with Gasteiger partial charge in [-0.1, -0.05) is 6.07 Å². The third kappa shape index (κ3) is 3.58. The van der Waals surface area contributed by atoms with Gasteiger partial charge in [0.1, 0.15) is 0 Å². The summed E-state index contributed by atoms with van der Waals surface area (Å²) in [6.45, 7) is 2.85. The molecule has 0 saturated heterocycles. The summed E-state index contributed by atoms with van der Waals surface area (Å²) < 4.78 is 1.15. The second-order valence-electron chi connectivity index (χ2n) is 4.13. The molecular weight excluding hydrogens is 324 g/mol. The SMILES string of the molecule is CNC(=O)c1cccc(NCc2cc(Br)c(C)s2)c1. The van der Waals surface area contributed by atoms with E-state index >= 15 is 0 Å². The number of hydrogen-bond acceptors (Lipinski definition) is 3. The van der Waals surface area contributed by atoms with E-state index in [0.29, 0.717) is 5.56 Å². The van der Waals surface area contributed by atoms with Crippen LogP contribution in [-0.4, -0.2) is 13.0 Å². The molecule has 0 bridgehead atoms. The van der Waals surface area contributed by atoms with Crippen LogP contribution in [0, 0.1) is 6.92 Å². The van der Waals surface area contributed by atoms with Crippen molar-refractivity contribution in [1.82, 2.24) is 5.32 Å². The van der Waals surface area contributed by atoms with Crippen LogP contribution in [0.1, 0.15) is 20.1 Å². The third-order valence-electron chi connectivity index (χ3n) is 2.73. The van der Waals surface area contributed by atoms with Crippen LogP contribution in [0.5, 0.6) is 0 Å². The molecule has 19 heavy (non-hydrogen) atoms. The summed E-state index contributed by atoms with van der Waals surface area (Å²) >= 11 is 5.27. The minimum Gasteiger partial charge on any atom is -0.380 e. The zero-order chi connectivity index (χ0) is 13.8. The molecule has 100 valence electrons. The molecule has 1 amide bonds. The molecule has 0 aliphatic carbocycles. The van der Waals surface area contributed by atoms with E-state index in [1.807, 2.05) is 18.2 Å². The zero-order valence-corrected chi connectivity index (χ0v) is 13.2. The van der Waals surface area contributed by atoms with Gasteiger partial charge in [0.25, 0.3) is 5.91 Å². The highest BCUT2D eigenvalue weighted by atomic mass is 79.9. The van der Waals surface area contributed by atoms with Gasteiger partial charge in [-0.05, 0) is 47.1 Å². The number of carbonyl (C=O) groups excluding carboxylic acids is 1. The number of halogens is 1. The number of aryl methyl sites for hydroxylation is 1. The van der Waals surface area contributed by atoms with Gasteiger partial charge < -0.3 is 10.6 Å². The Labute approximate surface area is 125 Å². The van der Waals surface area contributed by atoms with Crippen LogP contribution in [0.15, 0.2) is 34.8 Å². The van der Waals surface area contributed by atoms with Gasteiger partial charge >= 0.3 is 0 Å². The highest BCUT2D eigenvalue weighted by Crippen LogP contribution is 2.26. The van der Waals surface area contributed by atoms with Gasteiger partial charge in [0.05, 0.1) is 0 Å². The van der Waals surface area contributed by atoms with Crippen molar-refractivity contribution in [2.24, 2.45) is 0 Å². The maximum Gasteiger partial charge on any atom is 0.251 e. The number of benzene rings is 1. The van der Waals surface area contributed by atoms with Crippen LogP contribution < -0.4 is 10.6 Å². The summed E-state index contributed by atoms with van der Waals surface area (Å²) in [6.07, 6.45) is 0. The molecule has 2 N–H and O–H groups in total. The maximum atomic E-state index is 11.5. The molecule has 5 heteroatoms. The fourth-order valence-corrected chi connectivity index (χ4v) is 3.25. The first kappa shape index (κ1) is 14.1. The standard InChI is InChI=1S/C14H15BrN2OS/c1-9-13(15)7-12(19-9)8-17-11-5-3-4-10(6-11)14(18)16-2/h3-7,17H,8H2,1-2H3,(H,16,18). The summed E-state index contributed by atoms with van der Waals surface area (Å²) in [6, 6.07) is 9.62. The van der Waals surface area contributed by atoms with Crippen LogP contribution in [0.2, 0.25) is 0 Å². The molecule has 0 atom stereocenters. The number of anilines is 1. The van der Waals surface area contributed by atoms with Crippen molar-refractivity contribution in [3.05, 3.63) is 50.1 Å². The van der Waals surface area contributed by atoms with Crippen molar-refractivity contribution >= 4 is 38.9 Å². The Morgan fingerprint density at radius 1 is 1.37 bits per heavy atom. The number of carbonyl (C=O) groups is 1. The largest absolute Gasteiger partial charge is 0.380 e. The predicted octanol–water partition coefficient (Wildman–Crippen LogP) is 3.79. The van der Waals surface area contributed by atoms with E-state index in [2.05, 4.69) is 39.6 Å². The van der Waals surface area contributed by atoms with Crippen LogP contribution >= 0.6 is 27.3 Å². The number of amides is 1. The Morgan fingerprint density at radius 2 is 2.16 bits per heavy atom. The first-order valence-electron chi connectivity index (χ1n) is 5.91. The molecule has 0 radical (unpaired) electrons. The van der Waals surface area contributed by atoms with Crippen LogP contribution in [-0.2, 0) is 6.54 Å². The molecule has 0 aliphatic rings. The molecule has 1 aromatic carbocycles. The first-order valence-corrected chi connectivity index (χ1v) is 7.52. The van der Waals surface area contributed by atoms with E-state index in [4.69, 9.17) is 0 Å². The predicted molar refractivity (Wildman–Crippen MR) is 83.9 cm³/mol. The van der Waals surface area contributed by atoms with E-state index in [1.165, 1.54) is 9.75 Å². The summed E-state index contributed by atoms with van der Waals surface area (Å²) in [7, 11) is 1.63. The molecule has 0 aliphatic heterocycles. The number of thiophene rings is 1. The molecule has 1 heterocycles. The molecule has 2 rings (SSSR count). The Bertz CT molecular complexity index is 575. The van der Waals surface area contributed by atoms with Gasteiger partial charge in [-0.15, -0.1) is 11.3 Å². The second-order valence-corrected chi connectivity index (χ2v) is 6.33. The lowest BCUT2D eigenvalue weighted by molar-refractivity contribution is 0.0963. The minimum absolute atomic E-state index is 0.0710. The summed E-state index contributed by atoms with van der Waals surface area (Å²) in [5.41, 5.74) is 1.61. The quantitative estimate of drug-likeness (QED) is 0.890. The topological polar surface area (TPSA) is 41.1 Å². The van der Waals surface area contributed by atoms with Crippen molar-refractivity contribution in [1.29, 1.82) is 0 Å². The number of nitrogens with one attached hydrogen (secondary N) is 2. The van der Waals surface area contributed by atoms with E-state index in [-0.39, 0.29) is 5.91 Å². The van der Waals surface area contributed by atoms with Crippen molar-refractivity contribution in [3.8, 4) is 0 Å². The average Bonchev–Trinajstić information content (AvgIpc) is 2.75. The van der Waals surface area contributed by atoms with Gasteiger partial charge in [-0.25, -0.2) is 0 Å². The Hall–Kier alpha value is -1.33. The molecule has 0 spiro atoms. The summed E-state index contributed by atoms with van der Waals surface area (Å²) in [5.74, 6) is -0.0710. The number of hydrogen-bond donors (Lipinski definition) is 2. The monoisotopic (exact) mass is 338 g/mol. The minimum atomic E-state index is -0.0710. The molecule has 2 aromatic rings. The lowest BCUT2D eigenvalue weighted by Gasteiger charge is -2.06. The Balaban J connectivity index is 2.05. The van der Waals surface area contributed by atoms with Gasteiger partial charge in [-0.3, -0.25) is 4.79 Å². The van der Waals surface area contributed by atoms with Crippen LogP contribution in [0.4, 0.5) is 5.69 Å². The summed E-state index contributed by atoms with van der Waals surface area (Å²) in [4.78, 5) is 14.1. The first-order chi connectivity index (χ1) is 9.10. The fraction of sp³-hybridized carbons (Fsp3) is 0.214. The van der Waals surface area contributed by atoms with Gasteiger partial charge in [0, 0.05) is 39.1 Å². The normalized spacial score (nSPS) is 10.3. The molecule has 0 unspecified atom stereocenters. The molecular formula is C14H15BrN2OS. The lowest BCUT2D eigenvalue weighted by Crippen LogP contribution is -2.17. The Morgan fingerprint density at radius 3 is 2.79 bits per heavy atom. The van der Waals surface area contributed by atoms with E-state index in [9.17, 15) is 4.79 Å². The molecule has 1 aromatic heterocycles. The van der Waals surface area contributed by atoms with Crippen molar-refractivity contribution < 1.29 is 4.79 Å². The molecule has 0 saturated carbocycles. The second kappa shape index (κ2) is 6.21. The fourth-order valence-electron chi connectivity index (χ4n) is 1.71. The van der Waals surface area contributed by atoms with E-state index < -0.39 is 0 Å². The maximum absolute atomic E-state index is 11.5. The summed E-state index contributed by atoms with van der Waals surface area (Å²) in [5, 5.41) is 5.95. The van der Waals surface area contributed by atoms with Crippen molar-refractivity contribution in [2.75, 3.05) is 12.4 Å². The van der Waals surface area contributed by atoms with Crippen LogP contribution in [0.25, 0.3) is 0 Å². The third-order valence-corrected chi connectivity index (χ3v) is 4.86. The van der Waals surface area contributed by atoms with E-state index in [0.717, 1.165) is 16.7 Å². The number of rotatable bonds is 4. The van der Waals surface area contributed by atoms with Gasteiger partial charge in [0.15, 0.2) is 0 Å². The zero-order valence-electron chi connectivity index (χ0n) is 10.8. The van der Waals surface area contributed by atoms with Crippen molar-refractivity contribution in [2.45, 2.75) is 13.5 Å².